The Morgan fingerprint density at radius 3 is 1.58 bits per heavy atom. The minimum Gasteiger partial charge on any atom is -0.478 e. The maximum absolute atomic E-state index is 14.1. The van der Waals surface area contributed by atoms with E-state index in [1.165, 1.54) is 16.8 Å². The second kappa shape index (κ2) is 14.5. The Labute approximate surface area is 251 Å². The predicted octanol–water partition coefficient (Wildman–Crippen LogP) is 5.10. The van der Waals surface area contributed by atoms with Gasteiger partial charge in [-0.3, -0.25) is 4.79 Å². The molecule has 0 aliphatic rings. The smallest absolute Gasteiger partial charge is 0.381 e. The number of nitrogens with zero attached hydrogens (tertiary/aromatic N) is 1. The number of ether oxygens (including phenoxy) is 3. The molecule has 0 fully saturated rings. The summed E-state index contributed by atoms with van der Waals surface area (Å²) in [5.74, 6) is -3.18. The Kier molecular flexibility index (Phi) is 10.5. The molecule has 43 heavy (non-hydrogen) atoms. The Balaban J connectivity index is 2.19. The second-order valence-corrected chi connectivity index (χ2v) is 12.7. The molecule has 3 aromatic carbocycles. The van der Waals surface area contributed by atoms with E-state index in [1.807, 2.05) is 91.0 Å². The molecule has 0 bridgehead atoms. The predicted molar refractivity (Wildman–Crippen MR) is 167 cm³/mol. The Morgan fingerprint density at radius 1 is 0.674 bits per heavy atom. The van der Waals surface area contributed by atoms with E-state index < -0.39 is 37.0 Å². The summed E-state index contributed by atoms with van der Waals surface area (Å²) in [6.07, 6.45) is 1.52. The first-order chi connectivity index (χ1) is 20.9. The highest BCUT2D eigenvalue weighted by Crippen LogP contribution is 2.66. The van der Waals surface area contributed by atoms with Crippen LogP contribution < -0.4 is 15.9 Å². The van der Waals surface area contributed by atoms with E-state index in [9.17, 15) is 19.5 Å². The van der Waals surface area contributed by atoms with Crippen LogP contribution in [0.15, 0.2) is 121 Å². The van der Waals surface area contributed by atoms with Crippen LogP contribution in [-0.2, 0) is 23.8 Å². The van der Waals surface area contributed by atoms with Crippen molar-refractivity contribution in [2.24, 2.45) is 0 Å². The fourth-order valence-corrected chi connectivity index (χ4v) is 9.70. The molecule has 4 aromatic rings. The van der Waals surface area contributed by atoms with Crippen molar-refractivity contribution in [1.82, 2.24) is 4.57 Å². The number of esters is 2. The summed E-state index contributed by atoms with van der Waals surface area (Å²) in [7, 11) is -3.16. The number of ketones is 1. The fourth-order valence-electron chi connectivity index (χ4n) is 5.16. The van der Waals surface area contributed by atoms with Crippen LogP contribution in [-0.4, -0.2) is 47.2 Å². The van der Waals surface area contributed by atoms with Crippen molar-refractivity contribution in [2.75, 3.05) is 19.8 Å². The number of benzene rings is 3. The molecule has 0 saturated carbocycles. The summed E-state index contributed by atoms with van der Waals surface area (Å²) in [6.45, 7) is 5.15. The highest BCUT2D eigenvalue weighted by atomic mass is 31.2. The topological polar surface area (TPSA) is 104 Å². The van der Waals surface area contributed by atoms with Gasteiger partial charge in [-0.25, -0.2) is 9.59 Å². The van der Waals surface area contributed by atoms with Crippen molar-refractivity contribution in [3.05, 3.63) is 126 Å². The van der Waals surface area contributed by atoms with Gasteiger partial charge in [0.1, 0.15) is 15.9 Å². The number of carbonyl (C=O) groups excluding carboxylic acids is 3. The van der Waals surface area contributed by atoms with Crippen LogP contribution in [0, 0.1) is 0 Å². The van der Waals surface area contributed by atoms with Gasteiger partial charge in [0.05, 0.1) is 25.5 Å². The molecule has 1 heterocycles. The summed E-state index contributed by atoms with van der Waals surface area (Å²) in [4.78, 5) is 40.1. The molecule has 9 heteroatoms. The maximum atomic E-state index is 14.1. The fraction of sp³-hybridized carbons (Fsp3) is 0.206. The maximum Gasteiger partial charge on any atom is 0.381 e. The van der Waals surface area contributed by atoms with Gasteiger partial charge in [-0.15, -0.1) is 0 Å². The van der Waals surface area contributed by atoms with Crippen LogP contribution in [0.25, 0.3) is 0 Å². The number of rotatable bonds is 13. The summed E-state index contributed by atoms with van der Waals surface area (Å²) < 4.78 is 17.8. The number of aliphatic hydroxyl groups is 1. The number of aromatic nitrogens is 1. The average molecular weight is 601 g/mol. The third kappa shape index (κ3) is 6.25. The lowest BCUT2D eigenvalue weighted by atomic mass is 10.2. The first-order valence-corrected chi connectivity index (χ1v) is 15.9. The third-order valence-corrected chi connectivity index (χ3v) is 11.2. The van der Waals surface area contributed by atoms with E-state index in [-0.39, 0.29) is 30.8 Å². The number of Topliss-reactive ketones (excluding diaryl/α,β-unsaturated/α-hetero) is 1. The second-order valence-electron chi connectivity index (χ2n) is 9.31. The van der Waals surface area contributed by atoms with Gasteiger partial charge >= 0.3 is 17.9 Å². The van der Waals surface area contributed by atoms with E-state index in [1.54, 1.807) is 26.8 Å². The molecule has 1 unspecified atom stereocenters. The summed E-state index contributed by atoms with van der Waals surface area (Å²) in [5, 5.41) is 14.6. The van der Waals surface area contributed by atoms with Gasteiger partial charge in [-0.1, -0.05) is 54.6 Å². The van der Waals surface area contributed by atoms with E-state index in [4.69, 9.17) is 14.2 Å². The zero-order valence-corrected chi connectivity index (χ0v) is 25.3. The quantitative estimate of drug-likeness (QED) is 0.0749. The molecule has 0 amide bonds. The Morgan fingerprint density at radius 2 is 1.14 bits per heavy atom. The highest BCUT2D eigenvalue weighted by molar-refractivity contribution is 7.99. The molecule has 0 spiro atoms. The first-order valence-electron chi connectivity index (χ1n) is 14.1. The minimum atomic E-state index is -3.16. The zero-order chi connectivity index (χ0) is 30.8. The molecule has 1 N–H and O–H groups in total. The van der Waals surface area contributed by atoms with Gasteiger partial charge in [0, 0.05) is 6.20 Å². The SMILES string of the molecule is CCOC(=O)C(=O)c1cccn1C(C(=O)OCC)/C(=C(/O)OCC)[P+](c1ccccc1)(c1ccccc1)c1ccccc1. The molecule has 0 saturated heterocycles. The standard InChI is InChI=1S/C34H34NO7P/c1-4-40-32(37)29(35-24-16-23-28(35)30(36)33(38)41-5-2)31(34(39)42-6-3)43(25-17-10-7-11-18-25,26-19-12-8-13-20-26)27-21-14-9-15-22-27/h7-24,29H,4-6H2,1-3H3/p+1/b34-31+. The van der Waals surface area contributed by atoms with Gasteiger partial charge in [0.2, 0.25) is 5.31 Å². The number of aliphatic hydroxyl groups excluding tert-OH is 1. The van der Waals surface area contributed by atoms with Gasteiger partial charge in [-0.05, 0) is 69.3 Å². The average Bonchev–Trinajstić information content (AvgIpc) is 3.52. The van der Waals surface area contributed by atoms with Crippen molar-refractivity contribution in [2.45, 2.75) is 26.8 Å². The lowest BCUT2D eigenvalue weighted by molar-refractivity contribution is -0.146. The van der Waals surface area contributed by atoms with Gasteiger partial charge in [-0.2, -0.15) is 0 Å². The highest BCUT2D eigenvalue weighted by Gasteiger charge is 2.58. The zero-order valence-electron chi connectivity index (χ0n) is 24.4. The number of carbonyl (C=O) groups is 3. The van der Waals surface area contributed by atoms with Crippen molar-refractivity contribution in [3.8, 4) is 0 Å². The molecular weight excluding hydrogens is 565 g/mol. The number of hydrogen-bond acceptors (Lipinski definition) is 7. The molecule has 4 rings (SSSR count). The third-order valence-electron chi connectivity index (χ3n) is 6.81. The van der Waals surface area contributed by atoms with Crippen LogP contribution in [0.1, 0.15) is 37.3 Å². The van der Waals surface area contributed by atoms with Crippen molar-refractivity contribution < 1.29 is 33.7 Å². The van der Waals surface area contributed by atoms with Crippen LogP contribution >= 0.6 is 7.26 Å². The monoisotopic (exact) mass is 600 g/mol. The van der Waals surface area contributed by atoms with Gasteiger partial charge in [0.25, 0.3) is 5.78 Å². The van der Waals surface area contributed by atoms with Crippen LogP contribution in [0.4, 0.5) is 0 Å². The van der Waals surface area contributed by atoms with Crippen molar-refractivity contribution >= 4 is 40.9 Å². The summed E-state index contributed by atoms with van der Waals surface area (Å²) in [6, 6.07) is 30.4. The molecule has 8 nitrogen and oxygen atoms in total. The van der Waals surface area contributed by atoms with Crippen molar-refractivity contribution in [3.63, 3.8) is 0 Å². The molecule has 1 aromatic heterocycles. The molecule has 0 aliphatic carbocycles. The Hall–Kier alpha value is -4.68. The molecule has 0 radical (unpaired) electrons. The Bertz CT molecular complexity index is 1470. The van der Waals surface area contributed by atoms with E-state index >= 15 is 0 Å². The first kappa shape index (κ1) is 31.3. The summed E-state index contributed by atoms with van der Waals surface area (Å²) in [5.41, 5.74) is -0.0920. The molecule has 0 aliphatic heterocycles. The van der Waals surface area contributed by atoms with E-state index in [0.717, 1.165) is 15.9 Å². The van der Waals surface area contributed by atoms with Crippen LogP contribution in [0.2, 0.25) is 0 Å². The van der Waals surface area contributed by atoms with E-state index in [2.05, 4.69) is 0 Å². The van der Waals surface area contributed by atoms with Crippen molar-refractivity contribution in [1.29, 1.82) is 0 Å². The number of hydrogen-bond donors (Lipinski definition) is 1. The van der Waals surface area contributed by atoms with Gasteiger partial charge < -0.3 is 23.9 Å². The van der Waals surface area contributed by atoms with Gasteiger partial charge in [0.15, 0.2) is 13.3 Å². The van der Waals surface area contributed by atoms with E-state index in [0.29, 0.717) is 0 Å². The minimum absolute atomic E-state index is 0.00747. The normalized spacial score (nSPS) is 12.5. The van der Waals surface area contributed by atoms with Crippen LogP contribution in [0.3, 0.4) is 0 Å². The lowest BCUT2D eigenvalue weighted by Crippen LogP contribution is -2.39. The molecule has 1 atom stereocenters. The molecule has 222 valence electrons. The summed E-state index contributed by atoms with van der Waals surface area (Å²) >= 11 is 0. The molecular formula is C34H35NO7P+. The lowest BCUT2D eigenvalue weighted by Gasteiger charge is -2.33. The van der Waals surface area contributed by atoms with Crippen LogP contribution in [0.5, 0.6) is 0 Å². The largest absolute Gasteiger partial charge is 0.478 e.